The van der Waals surface area contributed by atoms with Crippen LogP contribution in [-0.2, 0) is 18.3 Å². The molecule has 7 heteroatoms. The normalized spacial score (nSPS) is 17.3. The van der Waals surface area contributed by atoms with Crippen LogP contribution in [0.4, 0.5) is 5.82 Å². The van der Waals surface area contributed by atoms with Gasteiger partial charge in [0.2, 0.25) is 5.91 Å². The van der Waals surface area contributed by atoms with E-state index in [1.807, 2.05) is 28.8 Å². The van der Waals surface area contributed by atoms with Gasteiger partial charge in [-0.15, -0.1) is 0 Å². The number of likely N-dealkylation sites (N-methyl/N-ethyl adjacent to an activating group) is 1. The molecule has 6 nitrogen and oxygen atoms in total. The van der Waals surface area contributed by atoms with Crippen molar-refractivity contribution >= 4 is 23.3 Å². The van der Waals surface area contributed by atoms with E-state index in [9.17, 15) is 4.79 Å². The zero-order valence-corrected chi connectivity index (χ0v) is 13.6. The van der Waals surface area contributed by atoms with Gasteiger partial charge in [-0.1, -0.05) is 17.7 Å². The summed E-state index contributed by atoms with van der Waals surface area (Å²) in [5, 5.41) is 4.73. The first kappa shape index (κ1) is 14.8. The van der Waals surface area contributed by atoms with Crippen molar-refractivity contribution in [1.29, 1.82) is 0 Å². The Bertz CT molecular complexity index is 712. The van der Waals surface area contributed by atoms with Crippen molar-refractivity contribution in [2.45, 2.75) is 12.5 Å². The van der Waals surface area contributed by atoms with Crippen molar-refractivity contribution in [2.24, 2.45) is 7.05 Å². The summed E-state index contributed by atoms with van der Waals surface area (Å²) in [7, 11) is 5.43. The highest BCUT2D eigenvalue weighted by atomic mass is 35.5. The van der Waals surface area contributed by atoms with Crippen molar-refractivity contribution in [3.05, 3.63) is 40.8 Å². The number of carbonyl (C=O) groups is 1. The minimum absolute atomic E-state index is 0.00993. The van der Waals surface area contributed by atoms with Gasteiger partial charge in [0.05, 0.1) is 6.20 Å². The number of halogens is 1. The van der Waals surface area contributed by atoms with E-state index in [4.69, 9.17) is 11.6 Å². The first-order valence-electron chi connectivity index (χ1n) is 7.10. The molecule has 0 saturated heterocycles. The molecule has 3 heterocycles. The van der Waals surface area contributed by atoms with E-state index in [1.54, 1.807) is 31.3 Å². The van der Waals surface area contributed by atoms with E-state index in [2.05, 4.69) is 10.1 Å². The quantitative estimate of drug-likeness (QED) is 0.790. The molecule has 1 aliphatic rings. The molecule has 0 saturated carbocycles. The van der Waals surface area contributed by atoms with Gasteiger partial charge in [-0.3, -0.25) is 9.48 Å². The number of pyridine rings is 1. The van der Waals surface area contributed by atoms with Crippen molar-refractivity contribution in [3.63, 3.8) is 0 Å². The predicted molar refractivity (Wildman–Crippen MR) is 84.9 cm³/mol. The minimum atomic E-state index is -0.418. The molecule has 22 heavy (non-hydrogen) atoms. The average molecular weight is 320 g/mol. The summed E-state index contributed by atoms with van der Waals surface area (Å²) >= 11 is 6.01. The van der Waals surface area contributed by atoms with Crippen LogP contribution in [0, 0.1) is 0 Å². The van der Waals surface area contributed by atoms with Gasteiger partial charge in [0.15, 0.2) is 0 Å². The number of fused-ring (bicyclic) bond motifs is 1. The van der Waals surface area contributed by atoms with Crippen LogP contribution in [-0.4, -0.2) is 46.2 Å². The fraction of sp³-hybridized carbons (Fsp3) is 0.400. The maximum atomic E-state index is 12.7. The third kappa shape index (κ3) is 2.43. The van der Waals surface area contributed by atoms with Crippen molar-refractivity contribution in [3.8, 4) is 0 Å². The molecule has 116 valence electrons. The molecule has 0 radical (unpaired) electrons. The predicted octanol–water partition coefficient (Wildman–Crippen LogP) is 1.66. The number of rotatable bonds is 2. The summed E-state index contributed by atoms with van der Waals surface area (Å²) in [6.45, 7) is 0.699. The first-order chi connectivity index (χ1) is 10.5. The number of carbonyl (C=O) groups excluding carboxylic acids is 1. The monoisotopic (exact) mass is 319 g/mol. The van der Waals surface area contributed by atoms with Gasteiger partial charge < -0.3 is 9.80 Å². The largest absolute Gasteiger partial charge is 0.347 e. The molecule has 0 aromatic carbocycles. The van der Waals surface area contributed by atoms with Gasteiger partial charge in [-0.2, -0.15) is 5.10 Å². The van der Waals surface area contributed by atoms with Gasteiger partial charge in [0.25, 0.3) is 0 Å². The van der Waals surface area contributed by atoms with Gasteiger partial charge in [0.1, 0.15) is 17.0 Å². The van der Waals surface area contributed by atoms with E-state index in [1.165, 1.54) is 0 Å². The Labute approximate surface area is 134 Å². The van der Waals surface area contributed by atoms with Crippen molar-refractivity contribution in [1.82, 2.24) is 19.7 Å². The van der Waals surface area contributed by atoms with Crippen LogP contribution in [0.2, 0.25) is 5.15 Å². The molecular weight excluding hydrogens is 302 g/mol. The number of hydrogen-bond acceptors (Lipinski definition) is 4. The molecule has 1 aliphatic heterocycles. The van der Waals surface area contributed by atoms with Crippen LogP contribution < -0.4 is 4.90 Å². The zero-order valence-electron chi connectivity index (χ0n) is 12.8. The molecule has 2 aromatic rings. The fourth-order valence-corrected chi connectivity index (χ4v) is 3.01. The minimum Gasteiger partial charge on any atom is -0.347 e. The Morgan fingerprint density at radius 1 is 1.41 bits per heavy atom. The molecule has 1 amide bonds. The lowest BCUT2D eigenvalue weighted by atomic mass is 9.97. The number of amides is 1. The summed E-state index contributed by atoms with van der Waals surface area (Å²) < 4.78 is 1.84. The van der Waals surface area contributed by atoms with Crippen LogP contribution >= 0.6 is 11.6 Å². The van der Waals surface area contributed by atoms with Crippen LogP contribution in [0.3, 0.4) is 0 Å². The molecule has 1 atom stereocenters. The van der Waals surface area contributed by atoms with Gasteiger partial charge >= 0.3 is 0 Å². The van der Waals surface area contributed by atoms with Crippen molar-refractivity contribution < 1.29 is 4.79 Å². The molecule has 1 unspecified atom stereocenters. The van der Waals surface area contributed by atoms with Gasteiger partial charge in [0, 0.05) is 45.4 Å². The summed E-state index contributed by atoms with van der Waals surface area (Å²) in [5.41, 5.74) is 2.03. The Kier molecular flexibility index (Phi) is 3.78. The number of hydrogen-bond donors (Lipinski definition) is 0. The molecule has 0 spiro atoms. The van der Waals surface area contributed by atoms with E-state index >= 15 is 0 Å². The average Bonchev–Trinajstić information content (AvgIpc) is 2.87. The topological polar surface area (TPSA) is 54.3 Å². The van der Waals surface area contributed by atoms with Crippen molar-refractivity contribution in [2.75, 3.05) is 25.5 Å². The number of aromatic nitrogens is 3. The number of anilines is 1. The highest BCUT2D eigenvalue weighted by molar-refractivity contribution is 6.29. The third-order valence-electron chi connectivity index (χ3n) is 3.96. The fourth-order valence-electron chi connectivity index (χ4n) is 2.85. The number of nitrogens with zero attached hydrogens (tertiary/aromatic N) is 5. The maximum absolute atomic E-state index is 12.7. The lowest BCUT2D eigenvalue weighted by molar-refractivity contribution is -0.130. The summed E-state index contributed by atoms with van der Waals surface area (Å²) in [4.78, 5) is 20.7. The van der Waals surface area contributed by atoms with Crippen LogP contribution in [0.1, 0.15) is 17.3 Å². The van der Waals surface area contributed by atoms with E-state index in [0.29, 0.717) is 17.5 Å². The standard InChI is InChI=1S/C15H18ClN5O/c1-19(2)15(22)14-10-9-17-20(3)11(10)7-8-21(14)13-6-4-5-12(16)18-13/h4-6,9,14H,7-8H2,1-3H3. The van der Waals surface area contributed by atoms with E-state index < -0.39 is 6.04 Å². The molecule has 0 N–H and O–H groups in total. The third-order valence-corrected chi connectivity index (χ3v) is 4.17. The second kappa shape index (κ2) is 5.61. The molecule has 0 bridgehead atoms. The molecular formula is C15H18ClN5O. The SMILES string of the molecule is CN(C)C(=O)C1c2cnn(C)c2CCN1c1cccc(Cl)n1. The van der Waals surface area contributed by atoms with E-state index in [0.717, 1.165) is 17.7 Å². The smallest absolute Gasteiger partial charge is 0.249 e. The number of aryl methyl sites for hydroxylation is 1. The Balaban J connectivity index is 2.08. The highest BCUT2D eigenvalue weighted by Crippen LogP contribution is 2.34. The lowest BCUT2D eigenvalue weighted by Crippen LogP contribution is -2.44. The zero-order chi connectivity index (χ0) is 15.9. The molecule has 0 aliphatic carbocycles. The first-order valence-corrected chi connectivity index (χ1v) is 7.48. The van der Waals surface area contributed by atoms with Crippen LogP contribution in [0.15, 0.2) is 24.4 Å². The summed E-state index contributed by atoms with van der Waals surface area (Å²) in [6, 6.07) is 5.04. The summed E-state index contributed by atoms with van der Waals surface area (Å²) in [6.07, 6.45) is 2.59. The lowest BCUT2D eigenvalue weighted by Gasteiger charge is -2.36. The second-order valence-electron chi connectivity index (χ2n) is 5.57. The van der Waals surface area contributed by atoms with Crippen LogP contribution in [0.25, 0.3) is 0 Å². The maximum Gasteiger partial charge on any atom is 0.249 e. The molecule has 2 aromatic heterocycles. The summed E-state index contributed by atoms with van der Waals surface area (Å²) in [5.74, 6) is 0.720. The molecule has 3 rings (SSSR count). The Morgan fingerprint density at radius 3 is 2.86 bits per heavy atom. The Morgan fingerprint density at radius 2 is 2.18 bits per heavy atom. The van der Waals surface area contributed by atoms with Gasteiger partial charge in [-0.25, -0.2) is 4.98 Å². The molecule has 0 fully saturated rings. The Hall–Kier alpha value is -2.08. The van der Waals surface area contributed by atoms with Gasteiger partial charge in [-0.05, 0) is 12.1 Å². The van der Waals surface area contributed by atoms with Crippen LogP contribution in [0.5, 0.6) is 0 Å². The second-order valence-corrected chi connectivity index (χ2v) is 5.95. The van der Waals surface area contributed by atoms with E-state index in [-0.39, 0.29) is 5.91 Å². The highest BCUT2D eigenvalue weighted by Gasteiger charge is 2.36.